The van der Waals surface area contributed by atoms with E-state index < -0.39 is 17.7 Å². The summed E-state index contributed by atoms with van der Waals surface area (Å²) in [6.45, 7) is 20.0. The second-order valence-electron chi connectivity index (χ2n) is 12.3. The molecule has 2 aliphatic carbocycles. The maximum atomic E-state index is 9.98. The lowest BCUT2D eigenvalue weighted by Gasteiger charge is -2.31. The van der Waals surface area contributed by atoms with Gasteiger partial charge in [0.05, 0.1) is 29.7 Å². The van der Waals surface area contributed by atoms with E-state index in [-0.39, 0.29) is 41.3 Å². The standard InChI is InChI=1S/C18H22ClN3O2.C12H20O3/c1-5-18(6-2)9-12(13-14(18)24-17(3,4)23-13)22-8-7-11-15(19)20-10-21-16(11)22;1-5-12(6-2)7-8(13)9-10(12)15-11(3,4)14-9/h5,7-8,10,12-14H,1,6,9H2,2-4H3;5,8-10,13H,1,6-7H2,2-4H3/t12-,13+,14+,18-;8-,9-,10-,12+/m10/s1. The number of aliphatic hydroxyl groups excluding tert-OH is 1. The Morgan fingerprint density at radius 3 is 2.10 bits per heavy atom. The first kappa shape index (κ1) is 28.7. The zero-order valence-corrected chi connectivity index (χ0v) is 24.6. The lowest BCUT2D eigenvalue weighted by atomic mass is 9.81. The Balaban J connectivity index is 0.000000177. The van der Waals surface area contributed by atoms with Crippen molar-refractivity contribution in [2.45, 2.75) is 115 Å². The molecular formula is C30H42ClN3O5. The molecule has 8 atom stereocenters. The van der Waals surface area contributed by atoms with Crippen LogP contribution in [0.4, 0.5) is 0 Å². The van der Waals surface area contributed by atoms with E-state index in [1.54, 1.807) is 0 Å². The molecule has 2 aromatic heterocycles. The number of hydrogen-bond donors (Lipinski definition) is 1. The molecule has 4 fully saturated rings. The fourth-order valence-corrected chi connectivity index (χ4v) is 7.31. The van der Waals surface area contributed by atoms with Gasteiger partial charge < -0.3 is 28.6 Å². The molecule has 8 nitrogen and oxygen atoms in total. The maximum absolute atomic E-state index is 9.98. The minimum atomic E-state index is -0.590. The van der Waals surface area contributed by atoms with Crippen LogP contribution >= 0.6 is 11.6 Å². The van der Waals surface area contributed by atoms with Crippen molar-refractivity contribution in [1.82, 2.24) is 14.5 Å². The van der Waals surface area contributed by atoms with Crippen LogP contribution in [0.5, 0.6) is 0 Å². The Morgan fingerprint density at radius 1 is 0.949 bits per heavy atom. The minimum Gasteiger partial charge on any atom is -0.390 e. The van der Waals surface area contributed by atoms with Crippen molar-refractivity contribution in [2.75, 3.05) is 0 Å². The molecule has 0 bridgehead atoms. The summed E-state index contributed by atoms with van der Waals surface area (Å²) in [6, 6.07) is 2.09. The molecule has 39 heavy (non-hydrogen) atoms. The molecular weight excluding hydrogens is 518 g/mol. The predicted octanol–water partition coefficient (Wildman–Crippen LogP) is 5.99. The fraction of sp³-hybridized carbons (Fsp3) is 0.667. The summed E-state index contributed by atoms with van der Waals surface area (Å²) in [5.74, 6) is -1.17. The summed E-state index contributed by atoms with van der Waals surface area (Å²) >= 11 is 6.21. The van der Waals surface area contributed by atoms with Crippen molar-refractivity contribution >= 4 is 22.6 Å². The summed E-state index contributed by atoms with van der Waals surface area (Å²) in [6.07, 6.45) is 10.3. The number of nitrogens with zero attached hydrogens (tertiary/aromatic N) is 3. The Kier molecular flexibility index (Phi) is 7.31. The van der Waals surface area contributed by atoms with Crippen LogP contribution in [0.15, 0.2) is 43.9 Å². The Morgan fingerprint density at radius 2 is 1.51 bits per heavy atom. The maximum Gasteiger partial charge on any atom is 0.163 e. The van der Waals surface area contributed by atoms with Crippen molar-refractivity contribution in [3.8, 4) is 0 Å². The largest absolute Gasteiger partial charge is 0.390 e. The van der Waals surface area contributed by atoms with Crippen molar-refractivity contribution in [3.63, 3.8) is 0 Å². The molecule has 2 aromatic rings. The number of hydrogen-bond acceptors (Lipinski definition) is 7. The molecule has 2 aliphatic heterocycles. The third-order valence-corrected chi connectivity index (χ3v) is 9.58. The molecule has 4 heterocycles. The molecule has 0 spiro atoms. The third kappa shape index (κ3) is 4.67. The second-order valence-corrected chi connectivity index (χ2v) is 12.6. The van der Waals surface area contributed by atoms with Gasteiger partial charge in [0.25, 0.3) is 0 Å². The van der Waals surface area contributed by atoms with Crippen molar-refractivity contribution < 1.29 is 24.1 Å². The quantitative estimate of drug-likeness (QED) is 0.356. The molecule has 6 rings (SSSR count). The smallest absolute Gasteiger partial charge is 0.163 e. The van der Waals surface area contributed by atoms with E-state index in [0.29, 0.717) is 11.6 Å². The van der Waals surface area contributed by atoms with Gasteiger partial charge in [-0.15, -0.1) is 13.2 Å². The van der Waals surface area contributed by atoms with Crippen molar-refractivity contribution in [2.24, 2.45) is 10.8 Å². The van der Waals surface area contributed by atoms with E-state index >= 15 is 0 Å². The number of halogens is 1. The molecule has 0 radical (unpaired) electrons. The lowest BCUT2D eigenvalue weighted by molar-refractivity contribution is -0.171. The first-order valence-electron chi connectivity index (χ1n) is 14.0. The SMILES string of the molecule is C=C[C@@]1(CC)C[C@@H](n2ccc3c(Cl)ncnc32)[C@@H]2OC(C)(C)O[C@@H]21.C=C[C@@]1(CC)C[C@H](O)[C@@H]2OC(C)(C)O[C@@H]21. The van der Waals surface area contributed by atoms with Crippen LogP contribution in [0.3, 0.4) is 0 Å². The van der Waals surface area contributed by atoms with Gasteiger partial charge in [0.2, 0.25) is 0 Å². The monoisotopic (exact) mass is 559 g/mol. The van der Waals surface area contributed by atoms with Gasteiger partial charge in [-0.25, -0.2) is 9.97 Å². The van der Waals surface area contributed by atoms with Crippen LogP contribution in [-0.2, 0) is 18.9 Å². The topological polar surface area (TPSA) is 87.9 Å². The van der Waals surface area contributed by atoms with Crippen LogP contribution in [0.2, 0.25) is 5.15 Å². The summed E-state index contributed by atoms with van der Waals surface area (Å²) in [7, 11) is 0. The summed E-state index contributed by atoms with van der Waals surface area (Å²) in [5, 5.41) is 11.3. The van der Waals surface area contributed by atoms with Gasteiger partial charge in [-0.1, -0.05) is 37.6 Å². The number of rotatable bonds is 5. The molecule has 9 heteroatoms. The van der Waals surface area contributed by atoms with Gasteiger partial charge in [0, 0.05) is 17.0 Å². The van der Waals surface area contributed by atoms with Crippen molar-refractivity contribution in [3.05, 3.63) is 49.1 Å². The van der Waals surface area contributed by atoms with Gasteiger partial charge in [-0.3, -0.25) is 0 Å². The van der Waals surface area contributed by atoms with Crippen LogP contribution in [0.25, 0.3) is 11.0 Å². The summed E-state index contributed by atoms with van der Waals surface area (Å²) < 4.78 is 26.3. The number of aromatic nitrogens is 3. The highest BCUT2D eigenvalue weighted by atomic mass is 35.5. The molecule has 2 saturated heterocycles. The van der Waals surface area contributed by atoms with Crippen LogP contribution in [-0.4, -0.2) is 61.7 Å². The van der Waals surface area contributed by atoms with Gasteiger partial charge in [0.1, 0.15) is 29.3 Å². The van der Waals surface area contributed by atoms with Crippen molar-refractivity contribution in [1.29, 1.82) is 0 Å². The first-order chi connectivity index (χ1) is 18.3. The van der Waals surface area contributed by atoms with E-state index in [9.17, 15) is 5.11 Å². The second kappa shape index (κ2) is 9.93. The van der Waals surface area contributed by atoms with Gasteiger partial charge in [-0.2, -0.15) is 0 Å². The third-order valence-electron chi connectivity index (χ3n) is 9.28. The number of ether oxygens (including phenoxy) is 4. The summed E-state index contributed by atoms with van der Waals surface area (Å²) in [4.78, 5) is 8.51. The number of aliphatic hydroxyl groups is 1. The zero-order valence-electron chi connectivity index (χ0n) is 23.9. The van der Waals surface area contributed by atoms with Crippen LogP contribution in [0, 0.1) is 10.8 Å². The Labute approximate surface area is 236 Å². The molecule has 0 aromatic carbocycles. The highest BCUT2D eigenvalue weighted by Gasteiger charge is 2.61. The van der Waals surface area contributed by atoms with E-state index in [1.165, 1.54) is 6.33 Å². The minimum absolute atomic E-state index is 0.00485. The molecule has 1 N–H and O–H groups in total. The Hall–Kier alpha value is -1.81. The Bertz CT molecular complexity index is 1250. The van der Waals surface area contributed by atoms with E-state index in [0.717, 1.165) is 30.3 Å². The normalized spacial score (nSPS) is 39.7. The number of fused-ring (bicyclic) bond motifs is 3. The molecule has 2 saturated carbocycles. The predicted molar refractivity (Wildman–Crippen MR) is 150 cm³/mol. The average molecular weight is 560 g/mol. The molecule has 214 valence electrons. The zero-order chi connectivity index (χ0) is 28.4. The average Bonchev–Trinajstić information content (AvgIpc) is 3.66. The summed E-state index contributed by atoms with van der Waals surface area (Å²) in [5.41, 5.74) is 0.608. The molecule has 0 amide bonds. The van der Waals surface area contributed by atoms with Gasteiger partial charge in [0.15, 0.2) is 11.6 Å². The van der Waals surface area contributed by atoms with Gasteiger partial charge in [-0.05, 0) is 59.4 Å². The van der Waals surface area contributed by atoms with E-state index in [4.69, 9.17) is 30.5 Å². The molecule has 0 unspecified atom stereocenters. The highest BCUT2D eigenvalue weighted by molar-refractivity contribution is 6.33. The van der Waals surface area contributed by atoms with E-state index in [1.807, 2.05) is 52.1 Å². The molecule has 4 aliphatic rings. The van der Waals surface area contributed by atoms with Crippen LogP contribution < -0.4 is 0 Å². The fourth-order valence-electron chi connectivity index (χ4n) is 7.12. The lowest BCUT2D eigenvalue weighted by Crippen LogP contribution is -2.33. The van der Waals surface area contributed by atoms with Crippen LogP contribution in [0.1, 0.15) is 73.3 Å². The van der Waals surface area contributed by atoms with Gasteiger partial charge >= 0.3 is 0 Å². The van der Waals surface area contributed by atoms with E-state index in [2.05, 4.69) is 41.5 Å². The highest BCUT2D eigenvalue weighted by Crippen LogP contribution is 2.56. The first-order valence-corrected chi connectivity index (χ1v) is 14.4.